The number of thiazole rings is 1. The van der Waals surface area contributed by atoms with Crippen LogP contribution in [0, 0.1) is 5.82 Å². The van der Waals surface area contributed by atoms with E-state index >= 15 is 0 Å². The summed E-state index contributed by atoms with van der Waals surface area (Å²) in [6, 6.07) is 10.5. The molecule has 1 aliphatic heterocycles. The zero-order valence-electron chi connectivity index (χ0n) is 16.7. The molecule has 8 nitrogen and oxygen atoms in total. The second-order valence-electron chi connectivity index (χ2n) is 6.86. The summed E-state index contributed by atoms with van der Waals surface area (Å²) in [6.07, 6.45) is -0.0537. The van der Waals surface area contributed by atoms with E-state index in [-0.39, 0.29) is 23.0 Å². The lowest BCUT2D eigenvalue weighted by atomic mass is 10.1. The van der Waals surface area contributed by atoms with Crippen molar-refractivity contribution in [3.05, 3.63) is 59.7 Å². The van der Waals surface area contributed by atoms with Crippen LogP contribution < -0.4 is 20.8 Å². The Morgan fingerprint density at radius 3 is 2.61 bits per heavy atom. The Hall–Kier alpha value is -3.93. The molecule has 0 spiro atoms. The average Bonchev–Trinajstić information content (AvgIpc) is 3.42. The van der Waals surface area contributed by atoms with E-state index in [4.69, 9.17) is 5.73 Å². The van der Waals surface area contributed by atoms with E-state index in [0.717, 1.165) is 11.3 Å². The average molecular weight is 475 g/mol. The van der Waals surface area contributed by atoms with Crippen molar-refractivity contribution in [1.29, 1.82) is 0 Å². The Bertz CT molecular complexity index is 1220. The van der Waals surface area contributed by atoms with E-state index < -0.39 is 30.3 Å². The largest absolute Gasteiger partial charge is 0.434 e. The highest BCUT2D eigenvalue weighted by Crippen LogP contribution is 2.33. The van der Waals surface area contributed by atoms with Crippen LogP contribution in [0.4, 0.5) is 24.0 Å². The topological polar surface area (TPSA) is 110 Å². The molecule has 2 amide bonds. The molecule has 0 saturated carbocycles. The summed E-state index contributed by atoms with van der Waals surface area (Å²) in [5, 5.41) is 9.81. The van der Waals surface area contributed by atoms with Gasteiger partial charge in [-0.1, -0.05) is 12.1 Å². The Morgan fingerprint density at radius 2 is 1.91 bits per heavy atom. The number of ether oxygens (including phenoxy) is 1. The minimum absolute atomic E-state index is 0.0290. The minimum Gasteiger partial charge on any atom is -0.434 e. The quantitative estimate of drug-likeness (QED) is 0.543. The maximum atomic E-state index is 13.2. The van der Waals surface area contributed by atoms with Crippen molar-refractivity contribution in [2.45, 2.75) is 19.1 Å². The van der Waals surface area contributed by atoms with Crippen molar-refractivity contribution in [1.82, 2.24) is 4.98 Å². The van der Waals surface area contributed by atoms with Crippen LogP contribution in [0.5, 0.6) is 5.75 Å². The summed E-state index contributed by atoms with van der Waals surface area (Å²) < 4.78 is 43.1. The Kier molecular flexibility index (Phi) is 6.27. The molecule has 1 aliphatic rings. The molecule has 170 valence electrons. The number of carbonyl (C=O) groups is 2. The van der Waals surface area contributed by atoms with E-state index in [1.165, 1.54) is 35.3 Å². The predicted molar refractivity (Wildman–Crippen MR) is 117 cm³/mol. The van der Waals surface area contributed by atoms with Crippen molar-refractivity contribution in [3.8, 4) is 17.0 Å². The lowest BCUT2D eigenvalue weighted by Crippen LogP contribution is -2.39. The van der Waals surface area contributed by atoms with Crippen LogP contribution in [0.15, 0.2) is 59.0 Å². The maximum absolute atomic E-state index is 13.2. The number of anilines is 2. The van der Waals surface area contributed by atoms with Gasteiger partial charge in [0, 0.05) is 17.4 Å². The number of benzene rings is 2. The Labute approximate surface area is 189 Å². The zero-order valence-corrected chi connectivity index (χ0v) is 17.6. The number of nitrogens with two attached hydrogens (primary N) is 1. The van der Waals surface area contributed by atoms with Crippen LogP contribution >= 0.6 is 11.3 Å². The number of hydrogen-bond acceptors (Lipinski definition) is 7. The fourth-order valence-corrected chi connectivity index (χ4v) is 3.91. The molecule has 1 aromatic heterocycles. The molecule has 0 fully saturated rings. The molecule has 1 unspecified atom stereocenters. The standard InChI is InChI=1S/C21H16F3N5O3S/c22-11-5-7-12(8-6-11)29-16(18(25)30)9-14(28-29)19(31)27-21-26-15(10-33-21)13-3-1-2-4-17(13)32-20(23)24/h1-8,10,16,20H,9H2,(H2,25,30)(H,26,27,31). The summed E-state index contributed by atoms with van der Waals surface area (Å²) in [4.78, 5) is 28.9. The van der Waals surface area contributed by atoms with Crippen LogP contribution in [0.3, 0.4) is 0 Å². The predicted octanol–water partition coefficient (Wildman–Crippen LogP) is 3.61. The number of nitrogens with one attached hydrogen (secondary N) is 1. The fraction of sp³-hybridized carbons (Fsp3) is 0.143. The summed E-state index contributed by atoms with van der Waals surface area (Å²) in [5.41, 5.74) is 6.55. The molecule has 2 heterocycles. The first kappa shape index (κ1) is 22.3. The summed E-state index contributed by atoms with van der Waals surface area (Å²) in [6.45, 7) is -2.99. The van der Waals surface area contributed by atoms with Crippen molar-refractivity contribution < 1.29 is 27.5 Å². The van der Waals surface area contributed by atoms with Crippen molar-refractivity contribution in [2.75, 3.05) is 10.3 Å². The lowest BCUT2D eigenvalue weighted by molar-refractivity contribution is -0.119. The molecule has 0 bridgehead atoms. The van der Waals surface area contributed by atoms with E-state index in [9.17, 15) is 22.8 Å². The molecule has 0 saturated heterocycles. The normalized spacial score (nSPS) is 15.5. The smallest absolute Gasteiger partial charge is 0.387 e. The van der Waals surface area contributed by atoms with Gasteiger partial charge in [-0.3, -0.25) is 19.9 Å². The van der Waals surface area contributed by atoms with Gasteiger partial charge >= 0.3 is 6.61 Å². The molecule has 4 rings (SSSR count). The number of halogens is 3. The molecular formula is C21H16F3N5O3S. The van der Waals surface area contributed by atoms with E-state index in [2.05, 4.69) is 20.1 Å². The number of aromatic nitrogens is 1. The number of alkyl halides is 2. The van der Waals surface area contributed by atoms with Gasteiger partial charge in [0.2, 0.25) is 5.91 Å². The van der Waals surface area contributed by atoms with Gasteiger partial charge < -0.3 is 10.5 Å². The molecule has 3 aromatic rings. The highest BCUT2D eigenvalue weighted by atomic mass is 32.1. The van der Waals surface area contributed by atoms with Crippen molar-refractivity contribution >= 4 is 39.7 Å². The third kappa shape index (κ3) is 4.95. The molecule has 3 N–H and O–H groups in total. The minimum atomic E-state index is -2.99. The second-order valence-corrected chi connectivity index (χ2v) is 7.71. The first-order valence-corrected chi connectivity index (χ1v) is 10.4. The van der Waals surface area contributed by atoms with Crippen LogP contribution in [0.1, 0.15) is 6.42 Å². The van der Waals surface area contributed by atoms with Gasteiger partial charge in [-0.2, -0.15) is 13.9 Å². The maximum Gasteiger partial charge on any atom is 0.387 e. The van der Waals surface area contributed by atoms with E-state index in [1.54, 1.807) is 23.6 Å². The van der Waals surface area contributed by atoms with Gasteiger partial charge in [0.15, 0.2) is 5.13 Å². The van der Waals surface area contributed by atoms with Gasteiger partial charge in [-0.15, -0.1) is 11.3 Å². The number of hydrazone groups is 1. The van der Waals surface area contributed by atoms with Crippen LogP contribution in [0.2, 0.25) is 0 Å². The fourth-order valence-electron chi connectivity index (χ4n) is 3.20. The van der Waals surface area contributed by atoms with Gasteiger partial charge in [0.1, 0.15) is 23.3 Å². The van der Waals surface area contributed by atoms with Gasteiger partial charge in [0.25, 0.3) is 5.91 Å². The number of para-hydroxylation sites is 1. The number of primary amides is 1. The van der Waals surface area contributed by atoms with Crippen molar-refractivity contribution in [3.63, 3.8) is 0 Å². The highest BCUT2D eigenvalue weighted by molar-refractivity contribution is 7.14. The number of rotatable bonds is 7. The molecule has 0 radical (unpaired) electrons. The third-order valence-electron chi connectivity index (χ3n) is 4.70. The molecule has 1 atom stereocenters. The highest BCUT2D eigenvalue weighted by Gasteiger charge is 2.35. The zero-order chi connectivity index (χ0) is 23.5. The number of nitrogens with zero attached hydrogens (tertiary/aromatic N) is 3. The summed E-state index contributed by atoms with van der Waals surface area (Å²) in [5.74, 6) is -1.81. The Morgan fingerprint density at radius 1 is 1.18 bits per heavy atom. The van der Waals surface area contributed by atoms with Crippen molar-refractivity contribution in [2.24, 2.45) is 10.8 Å². The number of carbonyl (C=O) groups excluding carboxylic acids is 2. The summed E-state index contributed by atoms with van der Waals surface area (Å²) in [7, 11) is 0. The molecule has 33 heavy (non-hydrogen) atoms. The molecular weight excluding hydrogens is 459 g/mol. The SMILES string of the molecule is NC(=O)C1CC(C(=O)Nc2nc(-c3ccccc3OC(F)F)cs2)=NN1c1ccc(F)cc1. The monoisotopic (exact) mass is 475 g/mol. The Balaban J connectivity index is 1.52. The molecule has 12 heteroatoms. The first-order valence-electron chi connectivity index (χ1n) is 9.54. The van der Waals surface area contributed by atoms with E-state index in [1.807, 2.05) is 0 Å². The van der Waals surface area contributed by atoms with E-state index in [0.29, 0.717) is 16.9 Å². The van der Waals surface area contributed by atoms with Gasteiger partial charge in [-0.25, -0.2) is 9.37 Å². The lowest BCUT2D eigenvalue weighted by Gasteiger charge is -2.20. The third-order valence-corrected chi connectivity index (χ3v) is 5.45. The number of amides is 2. The van der Waals surface area contributed by atoms with Gasteiger partial charge in [-0.05, 0) is 36.4 Å². The second kappa shape index (κ2) is 9.28. The molecule has 0 aliphatic carbocycles. The number of hydrogen-bond donors (Lipinski definition) is 2. The van der Waals surface area contributed by atoms with Crippen LogP contribution in [-0.2, 0) is 9.59 Å². The summed E-state index contributed by atoms with van der Waals surface area (Å²) >= 11 is 1.08. The van der Waals surface area contributed by atoms with Crippen LogP contribution in [-0.4, -0.2) is 35.2 Å². The van der Waals surface area contributed by atoms with Crippen LogP contribution in [0.25, 0.3) is 11.3 Å². The molecule has 2 aromatic carbocycles. The van der Waals surface area contributed by atoms with Gasteiger partial charge in [0.05, 0.1) is 11.4 Å². The first-order chi connectivity index (χ1) is 15.8.